The minimum atomic E-state index is -1.18. The van der Waals surface area contributed by atoms with E-state index in [-0.39, 0.29) is 4.75 Å². The van der Waals surface area contributed by atoms with Gasteiger partial charge in [-0.1, -0.05) is 12.1 Å². The maximum atomic E-state index is 11.6. The van der Waals surface area contributed by atoms with Crippen molar-refractivity contribution in [3.8, 4) is 0 Å². The molecule has 0 heterocycles. The summed E-state index contributed by atoms with van der Waals surface area (Å²) in [6, 6.07) is 7.93. The van der Waals surface area contributed by atoms with Crippen LogP contribution >= 0.6 is 22.6 Å². The van der Waals surface area contributed by atoms with Crippen LogP contribution in [0.15, 0.2) is 28.7 Å². The molecular weight excluding hydrogens is 321 g/mol. The smallest absolute Gasteiger partial charge is 0.144 e. The molecule has 1 rings (SSSR count). The molecule has 0 radical (unpaired) electrons. The maximum Gasteiger partial charge on any atom is 0.144 e. The van der Waals surface area contributed by atoms with Crippen LogP contribution in [-0.2, 0) is 11.0 Å². The van der Waals surface area contributed by atoms with E-state index in [1.165, 1.54) is 0 Å². The summed E-state index contributed by atoms with van der Waals surface area (Å²) in [6.45, 7) is 5.74. The van der Waals surface area contributed by atoms with E-state index in [0.29, 0.717) is 0 Å². The molecule has 2 nitrogen and oxygen atoms in total. The highest BCUT2D eigenvalue weighted by Gasteiger charge is 2.17. The van der Waals surface area contributed by atoms with E-state index in [2.05, 4.69) is 27.0 Å². The van der Waals surface area contributed by atoms with Crippen molar-refractivity contribution < 1.29 is 4.21 Å². The highest BCUT2D eigenvalue weighted by Crippen LogP contribution is 2.12. The van der Waals surface area contributed by atoms with Crippen LogP contribution in [0.1, 0.15) is 26.3 Å². The molecule has 0 bridgehead atoms. The number of hydrogen-bond donors (Lipinski definition) is 0. The fourth-order valence-electron chi connectivity index (χ4n) is 0.854. The van der Waals surface area contributed by atoms with Crippen LogP contribution in [0.25, 0.3) is 0 Å². The lowest BCUT2D eigenvalue weighted by Crippen LogP contribution is -2.19. The van der Waals surface area contributed by atoms with E-state index >= 15 is 0 Å². The lowest BCUT2D eigenvalue weighted by molar-refractivity contribution is 0.651. The zero-order valence-corrected chi connectivity index (χ0v) is 12.0. The summed E-state index contributed by atoms with van der Waals surface area (Å²) in [6.07, 6.45) is 1.67. The van der Waals surface area contributed by atoms with Crippen LogP contribution in [0.3, 0.4) is 0 Å². The van der Waals surface area contributed by atoms with Crippen LogP contribution in [-0.4, -0.2) is 15.2 Å². The standard InChI is InChI=1S/C11H14INOS/c1-11(2,3)15(14)13-8-9-5-4-6-10(12)7-9/h4-8H,1-3H3/b13-8+. The van der Waals surface area contributed by atoms with Crippen molar-refractivity contribution in [2.45, 2.75) is 25.5 Å². The van der Waals surface area contributed by atoms with Crippen LogP contribution < -0.4 is 0 Å². The van der Waals surface area contributed by atoms with Gasteiger partial charge in [0.05, 0.1) is 4.75 Å². The molecule has 15 heavy (non-hydrogen) atoms. The Morgan fingerprint density at radius 1 is 1.40 bits per heavy atom. The fraction of sp³-hybridized carbons (Fsp3) is 0.364. The summed E-state index contributed by atoms with van der Waals surface area (Å²) in [5.74, 6) is 0. The lowest BCUT2D eigenvalue weighted by Gasteiger charge is -2.12. The van der Waals surface area contributed by atoms with Crippen molar-refractivity contribution in [1.82, 2.24) is 0 Å². The third kappa shape index (κ3) is 4.42. The third-order valence-corrected chi connectivity index (χ3v) is 3.69. The summed E-state index contributed by atoms with van der Waals surface area (Å²) in [7, 11) is -1.18. The van der Waals surface area contributed by atoms with Gasteiger partial charge in [0, 0.05) is 9.78 Å². The first-order valence-corrected chi connectivity index (χ1v) is 6.80. The van der Waals surface area contributed by atoms with Gasteiger partial charge < -0.3 is 0 Å². The average molecular weight is 335 g/mol. The molecular formula is C11H14INOS. The van der Waals surface area contributed by atoms with E-state index in [9.17, 15) is 4.21 Å². The van der Waals surface area contributed by atoms with Crippen molar-refractivity contribution in [3.05, 3.63) is 33.4 Å². The van der Waals surface area contributed by atoms with E-state index in [0.717, 1.165) is 9.13 Å². The van der Waals surface area contributed by atoms with Crippen LogP contribution in [0.4, 0.5) is 0 Å². The van der Waals surface area contributed by atoms with Gasteiger partial charge in [-0.2, -0.15) is 4.40 Å². The first kappa shape index (κ1) is 12.8. The first-order chi connectivity index (χ1) is 6.89. The monoisotopic (exact) mass is 335 g/mol. The Morgan fingerprint density at radius 3 is 2.60 bits per heavy atom. The van der Waals surface area contributed by atoms with Crippen molar-refractivity contribution in [1.29, 1.82) is 0 Å². The van der Waals surface area contributed by atoms with Gasteiger partial charge in [0.1, 0.15) is 11.0 Å². The van der Waals surface area contributed by atoms with Crippen LogP contribution in [0.5, 0.6) is 0 Å². The van der Waals surface area contributed by atoms with Gasteiger partial charge in [-0.3, -0.25) is 0 Å². The summed E-state index contributed by atoms with van der Waals surface area (Å²) >= 11 is 2.24. The minimum Gasteiger partial charge on any atom is -0.234 e. The number of nitrogens with zero attached hydrogens (tertiary/aromatic N) is 1. The van der Waals surface area contributed by atoms with Crippen molar-refractivity contribution in [2.24, 2.45) is 4.40 Å². The molecule has 0 fully saturated rings. The van der Waals surface area contributed by atoms with Gasteiger partial charge in [-0.15, -0.1) is 0 Å². The molecule has 1 aromatic carbocycles. The minimum absolute atomic E-state index is 0.293. The molecule has 0 N–H and O–H groups in total. The van der Waals surface area contributed by atoms with Crippen molar-refractivity contribution in [2.75, 3.05) is 0 Å². The lowest BCUT2D eigenvalue weighted by atomic mass is 10.2. The normalized spacial score (nSPS) is 14.4. The molecule has 0 aliphatic rings. The number of hydrogen-bond acceptors (Lipinski definition) is 1. The molecule has 0 amide bonds. The number of halogens is 1. The Labute approximate surface area is 107 Å². The zero-order chi connectivity index (χ0) is 11.5. The quantitative estimate of drug-likeness (QED) is 0.603. The summed E-state index contributed by atoms with van der Waals surface area (Å²) in [4.78, 5) is 0. The van der Waals surface area contributed by atoms with Gasteiger partial charge in [-0.25, -0.2) is 4.21 Å². The Kier molecular flexibility index (Phi) is 4.45. The van der Waals surface area contributed by atoms with E-state index in [1.807, 2.05) is 45.0 Å². The highest BCUT2D eigenvalue weighted by molar-refractivity contribution is 14.1. The summed E-state index contributed by atoms with van der Waals surface area (Å²) in [5.41, 5.74) is 0.986. The van der Waals surface area contributed by atoms with E-state index in [1.54, 1.807) is 6.21 Å². The second-order valence-corrected chi connectivity index (χ2v) is 7.33. The van der Waals surface area contributed by atoms with Crippen molar-refractivity contribution >= 4 is 39.8 Å². The summed E-state index contributed by atoms with van der Waals surface area (Å²) in [5, 5.41) is 0. The SMILES string of the molecule is CC(C)(C)S(=O)/N=C/c1cccc(I)c1. The second-order valence-electron chi connectivity index (χ2n) is 4.15. The highest BCUT2D eigenvalue weighted by atomic mass is 127. The van der Waals surface area contributed by atoms with Gasteiger partial charge in [-0.05, 0) is 61.1 Å². The summed E-state index contributed by atoms with van der Waals surface area (Å²) < 4.78 is 16.5. The second kappa shape index (κ2) is 5.21. The van der Waals surface area contributed by atoms with Gasteiger partial charge in [0.15, 0.2) is 0 Å². The molecule has 4 heteroatoms. The Bertz CT molecular complexity index is 396. The molecule has 0 saturated carbocycles. The average Bonchev–Trinajstić information content (AvgIpc) is 2.12. The molecule has 1 aromatic rings. The Morgan fingerprint density at radius 2 is 2.07 bits per heavy atom. The van der Waals surface area contributed by atoms with E-state index < -0.39 is 11.0 Å². The van der Waals surface area contributed by atoms with Gasteiger partial charge in [0.25, 0.3) is 0 Å². The fourth-order valence-corrected chi connectivity index (χ4v) is 1.95. The third-order valence-electron chi connectivity index (χ3n) is 1.67. The van der Waals surface area contributed by atoms with Gasteiger partial charge in [0.2, 0.25) is 0 Å². The van der Waals surface area contributed by atoms with Crippen molar-refractivity contribution in [3.63, 3.8) is 0 Å². The van der Waals surface area contributed by atoms with Crippen LogP contribution in [0, 0.1) is 3.57 Å². The zero-order valence-electron chi connectivity index (χ0n) is 9.03. The topological polar surface area (TPSA) is 29.4 Å². The number of benzene rings is 1. The van der Waals surface area contributed by atoms with Crippen LogP contribution in [0.2, 0.25) is 0 Å². The molecule has 82 valence electrons. The maximum absolute atomic E-state index is 11.6. The van der Waals surface area contributed by atoms with E-state index in [4.69, 9.17) is 0 Å². The molecule has 0 aromatic heterocycles. The largest absolute Gasteiger partial charge is 0.234 e. The predicted octanol–water partition coefficient (Wildman–Crippen LogP) is 3.17. The first-order valence-electron chi connectivity index (χ1n) is 4.61. The Balaban J connectivity index is 2.79. The number of rotatable bonds is 2. The predicted molar refractivity (Wildman–Crippen MR) is 74.6 cm³/mol. The van der Waals surface area contributed by atoms with Gasteiger partial charge >= 0.3 is 0 Å². The molecule has 0 spiro atoms. The molecule has 1 atom stereocenters. The molecule has 0 aliphatic carbocycles. The molecule has 1 unspecified atom stereocenters. The molecule has 0 aliphatic heterocycles. The molecule has 0 saturated heterocycles. The Hall–Kier alpha value is -0.230.